The van der Waals surface area contributed by atoms with Crippen molar-refractivity contribution in [2.75, 3.05) is 13.6 Å². The molecule has 0 saturated heterocycles. The van der Waals surface area contributed by atoms with E-state index in [-0.39, 0.29) is 10.5 Å². The lowest BCUT2D eigenvalue weighted by molar-refractivity contribution is 0.0696. The summed E-state index contributed by atoms with van der Waals surface area (Å²) < 4.78 is 26.5. The van der Waals surface area contributed by atoms with Crippen LogP contribution in [-0.2, 0) is 10.0 Å². The summed E-state index contributed by atoms with van der Waals surface area (Å²) >= 11 is 3.17. The molecule has 1 N–H and O–H groups in total. The van der Waals surface area contributed by atoms with Crippen LogP contribution in [0, 0.1) is 5.92 Å². The van der Waals surface area contributed by atoms with E-state index in [0.717, 1.165) is 12.8 Å². The molecule has 0 radical (unpaired) electrons. The summed E-state index contributed by atoms with van der Waals surface area (Å²) in [5.41, 5.74) is -0.0402. The van der Waals surface area contributed by atoms with Gasteiger partial charge >= 0.3 is 5.97 Å². The highest BCUT2D eigenvalue weighted by molar-refractivity contribution is 9.10. The second kappa shape index (κ2) is 5.22. The largest absolute Gasteiger partial charge is 0.478 e. The fraction of sp³-hybridized carbons (Fsp3) is 0.417. The van der Waals surface area contributed by atoms with Crippen molar-refractivity contribution in [2.24, 2.45) is 5.92 Å². The van der Waals surface area contributed by atoms with E-state index in [1.807, 2.05) is 0 Å². The zero-order chi connectivity index (χ0) is 14.2. The first-order chi connectivity index (χ1) is 8.82. The van der Waals surface area contributed by atoms with Gasteiger partial charge in [-0.15, -0.1) is 0 Å². The minimum absolute atomic E-state index is 0.00412. The first-order valence-corrected chi connectivity index (χ1v) is 8.05. The van der Waals surface area contributed by atoms with Crippen LogP contribution in [0.4, 0.5) is 0 Å². The summed E-state index contributed by atoms with van der Waals surface area (Å²) in [6.07, 6.45) is 2.10. The van der Waals surface area contributed by atoms with E-state index in [0.29, 0.717) is 16.9 Å². The maximum Gasteiger partial charge on any atom is 0.335 e. The van der Waals surface area contributed by atoms with Crippen molar-refractivity contribution in [2.45, 2.75) is 17.7 Å². The number of rotatable bonds is 5. The molecule has 5 nitrogen and oxygen atoms in total. The van der Waals surface area contributed by atoms with E-state index in [1.165, 1.54) is 29.6 Å². The molecule has 1 aromatic carbocycles. The third-order valence-corrected chi connectivity index (χ3v) is 5.90. The van der Waals surface area contributed by atoms with Gasteiger partial charge in [-0.3, -0.25) is 0 Å². The summed E-state index contributed by atoms with van der Waals surface area (Å²) in [6, 6.07) is 4.00. The van der Waals surface area contributed by atoms with E-state index in [2.05, 4.69) is 15.9 Å². The van der Waals surface area contributed by atoms with Gasteiger partial charge in [0.25, 0.3) is 0 Å². The maximum atomic E-state index is 12.4. The molecular formula is C12H14BrNO4S. The van der Waals surface area contributed by atoms with E-state index in [1.54, 1.807) is 0 Å². The number of benzene rings is 1. The molecular weight excluding hydrogens is 334 g/mol. The van der Waals surface area contributed by atoms with Gasteiger partial charge in [-0.1, -0.05) is 0 Å². The predicted octanol–water partition coefficient (Wildman–Crippen LogP) is 2.18. The summed E-state index contributed by atoms with van der Waals surface area (Å²) in [6.45, 7) is 0.478. The van der Waals surface area contributed by atoms with Crippen LogP contribution in [0.15, 0.2) is 27.6 Å². The number of carboxylic acid groups (broad SMARTS) is 1. The fourth-order valence-corrected chi connectivity index (χ4v) is 3.96. The van der Waals surface area contributed by atoms with Gasteiger partial charge in [-0.2, -0.15) is 0 Å². The second-order valence-electron chi connectivity index (χ2n) is 4.68. The van der Waals surface area contributed by atoms with E-state index in [9.17, 15) is 13.2 Å². The molecule has 0 atom stereocenters. The average Bonchev–Trinajstić information content (AvgIpc) is 3.12. The summed E-state index contributed by atoms with van der Waals surface area (Å²) in [4.78, 5) is 10.9. The molecule has 0 heterocycles. The van der Waals surface area contributed by atoms with Crippen LogP contribution >= 0.6 is 15.9 Å². The van der Waals surface area contributed by atoms with Crippen LogP contribution < -0.4 is 0 Å². The maximum absolute atomic E-state index is 12.4. The summed E-state index contributed by atoms with van der Waals surface area (Å²) in [5, 5.41) is 8.94. The number of sulfonamides is 1. The third kappa shape index (κ3) is 3.16. The van der Waals surface area contributed by atoms with Gasteiger partial charge in [0.05, 0.1) is 10.5 Å². The molecule has 2 rings (SSSR count). The quantitative estimate of drug-likeness (QED) is 0.885. The molecule has 7 heteroatoms. The SMILES string of the molecule is CN(CC1CC1)S(=O)(=O)c1cc(C(=O)O)ccc1Br. The predicted molar refractivity (Wildman–Crippen MR) is 73.6 cm³/mol. The molecule has 1 saturated carbocycles. The van der Waals surface area contributed by atoms with Crippen molar-refractivity contribution in [3.8, 4) is 0 Å². The second-order valence-corrected chi connectivity index (χ2v) is 7.55. The molecule has 0 unspecified atom stereocenters. The lowest BCUT2D eigenvalue weighted by Gasteiger charge is -2.18. The van der Waals surface area contributed by atoms with Crippen molar-refractivity contribution < 1.29 is 18.3 Å². The van der Waals surface area contributed by atoms with Crippen LogP contribution in [0.2, 0.25) is 0 Å². The van der Waals surface area contributed by atoms with E-state index < -0.39 is 16.0 Å². The smallest absolute Gasteiger partial charge is 0.335 e. The van der Waals surface area contributed by atoms with Gasteiger partial charge in [-0.25, -0.2) is 17.5 Å². The van der Waals surface area contributed by atoms with Gasteiger partial charge in [0, 0.05) is 18.1 Å². The Hall–Kier alpha value is -0.920. The molecule has 1 aliphatic rings. The molecule has 0 aromatic heterocycles. The van der Waals surface area contributed by atoms with Gasteiger partial charge in [0.15, 0.2) is 0 Å². The standard InChI is InChI=1S/C12H14BrNO4S/c1-14(7-8-2-3-8)19(17,18)11-6-9(12(15)16)4-5-10(11)13/h4-6,8H,2-3,7H2,1H3,(H,15,16). The highest BCUT2D eigenvalue weighted by Crippen LogP contribution is 2.32. The Balaban J connectivity index is 2.37. The number of hydrogen-bond donors (Lipinski definition) is 1. The van der Waals surface area contributed by atoms with Crippen LogP contribution in [0.1, 0.15) is 23.2 Å². The number of nitrogens with zero attached hydrogens (tertiary/aromatic N) is 1. The first-order valence-electron chi connectivity index (χ1n) is 5.81. The number of halogens is 1. The Bertz CT molecular complexity index is 610. The van der Waals surface area contributed by atoms with Gasteiger partial charge in [-0.05, 0) is 52.9 Å². The molecule has 104 valence electrons. The molecule has 19 heavy (non-hydrogen) atoms. The van der Waals surface area contributed by atoms with Crippen LogP contribution in [0.25, 0.3) is 0 Å². The molecule has 0 bridgehead atoms. The molecule has 1 aromatic rings. The number of carbonyl (C=O) groups is 1. The van der Waals surface area contributed by atoms with Crippen molar-refractivity contribution in [3.63, 3.8) is 0 Å². The monoisotopic (exact) mass is 347 g/mol. The zero-order valence-electron chi connectivity index (χ0n) is 10.3. The summed E-state index contributed by atoms with van der Waals surface area (Å²) in [7, 11) is -2.14. The first kappa shape index (κ1) is 14.5. The number of carboxylic acids is 1. The van der Waals surface area contributed by atoms with Crippen molar-refractivity contribution >= 4 is 31.9 Å². The molecule has 0 spiro atoms. The molecule has 1 fully saturated rings. The van der Waals surface area contributed by atoms with Crippen LogP contribution in [0.3, 0.4) is 0 Å². The van der Waals surface area contributed by atoms with Gasteiger partial charge < -0.3 is 5.11 Å². The lowest BCUT2D eigenvalue weighted by atomic mass is 10.2. The van der Waals surface area contributed by atoms with Crippen molar-refractivity contribution in [1.82, 2.24) is 4.31 Å². The average molecular weight is 348 g/mol. The highest BCUT2D eigenvalue weighted by Gasteiger charge is 2.30. The van der Waals surface area contributed by atoms with Crippen molar-refractivity contribution in [1.29, 1.82) is 0 Å². The number of hydrogen-bond acceptors (Lipinski definition) is 3. The van der Waals surface area contributed by atoms with Gasteiger partial charge in [0.2, 0.25) is 10.0 Å². The molecule has 1 aliphatic carbocycles. The van der Waals surface area contributed by atoms with Crippen LogP contribution in [-0.4, -0.2) is 37.4 Å². The van der Waals surface area contributed by atoms with E-state index >= 15 is 0 Å². The fourth-order valence-electron chi connectivity index (χ4n) is 1.76. The van der Waals surface area contributed by atoms with Gasteiger partial charge in [0.1, 0.15) is 0 Å². The van der Waals surface area contributed by atoms with Crippen LogP contribution in [0.5, 0.6) is 0 Å². The summed E-state index contributed by atoms with van der Waals surface area (Å²) in [5.74, 6) is -0.713. The molecule has 0 amide bonds. The zero-order valence-corrected chi connectivity index (χ0v) is 12.7. The topological polar surface area (TPSA) is 74.7 Å². The lowest BCUT2D eigenvalue weighted by Crippen LogP contribution is -2.29. The minimum atomic E-state index is -3.66. The minimum Gasteiger partial charge on any atom is -0.478 e. The Kier molecular flexibility index (Phi) is 3.98. The molecule has 0 aliphatic heterocycles. The Morgan fingerprint density at radius 2 is 2.11 bits per heavy atom. The Labute approximate surface area is 120 Å². The normalized spacial score (nSPS) is 15.7. The highest BCUT2D eigenvalue weighted by atomic mass is 79.9. The third-order valence-electron chi connectivity index (χ3n) is 3.08. The number of aromatic carboxylic acids is 1. The Morgan fingerprint density at radius 3 is 2.63 bits per heavy atom. The van der Waals surface area contributed by atoms with Crippen molar-refractivity contribution in [3.05, 3.63) is 28.2 Å². The Morgan fingerprint density at radius 1 is 1.47 bits per heavy atom. The van der Waals surface area contributed by atoms with E-state index in [4.69, 9.17) is 5.11 Å².